The summed E-state index contributed by atoms with van der Waals surface area (Å²) in [6, 6.07) is 7.93. The SMILES string of the molecule is Cc1cc2nc(N(C)CC3OCCO3)sc2c(-c2ccc3c4c(ccnc24)CCO3)c1C(OC(C)(C)C)C(=O)O. The van der Waals surface area contributed by atoms with E-state index in [0.29, 0.717) is 31.9 Å². The van der Waals surface area contributed by atoms with Gasteiger partial charge in [-0.3, -0.25) is 4.98 Å². The van der Waals surface area contributed by atoms with E-state index in [9.17, 15) is 9.90 Å². The molecule has 2 aromatic heterocycles. The Labute approximate surface area is 236 Å². The van der Waals surface area contributed by atoms with Crippen molar-refractivity contribution in [3.8, 4) is 16.9 Å². The largest absolute Gasteiger partial charge is 0.493 e. The van der Waals surface area contributed by atoms with Crippen LogP contribution in [0.5, 0.6) is 5.75 Å². The standard InChI is InChI=1S/C30H33N3O6S/c1-16-14-19-27(40-29(32-19)33(5)15-21-37-12-13-38-21)24(22(16)26(28(34)35)39-30(2,3)4)18-6-7-20-23-17(9-11-36-20)8-10-31-25(18)23/h6-8,10,14,21,26H,9,11-13,15H2,1-5H3,(H,34,35). The number of benzene rings is 2. The fraction of sp³-hybridized carbons (Fsp3) is 0.433. The smallest absolute Gasteiger partial charge is 0.337 e. The first-order chi connectivity index (χ1) is 19.1. The van der Waals surface area contributed by atoms with Gasteiger partial charge in [0.1, 0.15) is 5.75 Å². The highest BCUT2D eigenvalue weighted by molar-refractivity contribution is 7.22. The minimum absolute atomic E-state index is 0.310. The van der Waals surface area contributed by atoms with Gasteiger partial charge in [-0.25, -0.2) is 9.78 Å². The third-order valence-electron chi connectivity index (χ3n) is 7.15. The van der Waals surface area contributed by atoms with E-state index in [0.717, 1.165) is 55.1 Å². The second-order valence-electron chi connectivity index (χ2n) is 11.2. The predicted octanol–water partition coefficient (Wildman–Crippen LogP) is 5.50. The number of pyridine rings is 1. The molecule has 0 saturated carbocycles. The Hall–Kier alpha value is -3.31. The molecule has 0 radical (unpaired) electrons. The number of aliphatic carboxylic acids is 1. The number of likely N-dealkylation sites (N-methyl/N-ethyl adjacent to an activating group) is 1. The second-order valence-corrected chi connectivity index (χ2v) is 12.2. The summed E-state index contributed by atoms with van der Waals surface area (Å²) in [5, 5.41) is 12.2. The number of thiazole rings is 1. The molecule has 10 heteroatoms. The molecule has 6 rings (SSSR count). The van der Waals surface area contributed by atoms with Crippen molar-refractivity contribution in [2.75, 3.05) is 38.3 Å². The number of aromatic nitrogens is 2. The quantitative estimate of drug-likeness (QED) is 0.312. The Balaban J connectivity index is 1.61. The van der Waals surface area contributed by atoms with Crippen LogP contribution in [-0.4, -0.2) is 66.3 Å². The van der Waals surface area contributed by atoms with Crippen LogP contribution in [0.15, 0.2) is 30.5 Å². The summed E-state index contributed by atoms with van der Waals surface area (Å²) in [5.41, 5.74) is 5.05. The van der Waals surface area contributed by atoms with Gasteiger partial charge in [-0.1, -0.05) is 11.3 Å². The highest BCUT2D eigenvalue weighted by atomic mass is 32.1. The molecule has 0 amide bonds. The summed E-state index contributed by atoms with van der Waals surface area (Å²) >= 11 is 1.51. The average molecular weight is 564 g/mol. The molecule has 4 aromatic rings. The molecule has 2 aliphatic rings. The lowest BCUT2D eigenvalue weighted by molar-refractivity contribution is -0.160. The van der Waals surface area contributed by atoms with Crippen LogP contribution in [0.2, 0.25) is 0 Å². The lowest BCUT2D eigenvalue weighted by Crippen LogP contribution is -2.29. The zero-order valence-corrected chi connectivity index (χ0v) is 24.1. The summed E-state index contributed by atoms with van der Waals surface area (Å²) in [6.07, 6.45) is 1.11. The van der Waals surface area contributed by atoms with Gasteiger partial charge < -0.3 is 29.0 Å². The van der Waals surface area contributed by atoms with Gasteiger partial charge in [-0.05, 0) is 63.1 Å². The zero-order chi connectivity index (χ0) is 28.2. The number of carboxylic acids is 1. The molecule has 4 heterocycles. The lowest BCUT2D eigenvalue weighted by atomic mass is 9.89. The van der Waals surface area contributed by atoms with Gasteiger partial charge in [0, 0.05) is 41.7 Å². The van der Waals surface area contributed by atoms with Crippen LogP contribution in [-0.2, 0) is 25.4 Å². The van der Waals surface area contributed by atoms with Gasteiger partial charge in [0.15, 0.2) is 17.5 Å². The van der Waals surface area contributed by atoms with Crippen LogP contribution in [0, 0.1) is 6.92 Å². The van der Waals surface area contributed by atoms with Gasteiger partial charge >= 0.3 is 5.97 Å². The topological polar surface area (TPSA) is 103 Å². The molecule has 2 aliphatic heterocycles. The third-order valence-corrected chi connectivity index (χ3v) is 8.36. The maximum absolute atomic E-state index is 12.8. The molecule has 0 aliphatic carbocycles. The highest BCUT2D eigenvalue weighted by Crippen LogP contribution is 2.47. The molecule has 1 saturated heterocycles. The summed E-state index contributed by atoms with van der Waals surface area (Å²) in [7, 11) is 1.96. The molecule has 40 heavy (non-hydrogen) atoms. The summed E-state index contributed by atoms with van der Waals surface area (Å²) in [5.74, 6) is -0.254. The van der Waals surface area contributed by atoms with Gasteiger partial charge in [-0.15, -0.1) is 0 Å². The molecule has 9 nitrogen and oxygen atoms in total. The van der Waals surface area contributed by atoms with Crippen molar-refractivity contribution in [2.45, 2.75) is 52.1 Å². The Morgan fingerprint density at radius 1 is 1.23 bits per heavy atom. The van der Waals surface area contributed by atoms with E-state index in [1.807, 2.05) is 70.1 Å². The number of hydrogen-bond donors (Lipinski definition) is 1. The monoisotopic (exact) mass is 563 g/mol. The predicted molar refractivity (Wildman–Crippen MR) is 154 cm³/mol. The van der Waals surface area contributed by atoms with Gasteiger partial charge in [-0.2, -0.15) is 0 Å². The Kier molecular flexibility index (Phi) is 6.90. The number of aryl methyl sites for hydroxylation is 1. The number of fused-ring (bicyclic) bond motifs is 1. The Morgan fingerprint density at radius 3 is 2.73 bits per heavy atom. The van der Waals surface area contributed by atoms with E-state index in [2.05, 4.69) is 0 Å². The number of anilines is 1. The van der Waals surface area contributed by atoms with Crippen LogP contribution in [0.1, 0.15) is 43.6 Å². The van der Waals surface area contributed by atoms with Crippen molar-refractivity contribution < 1.29 is 28.8 Å². The maximum Gasteiger partial charge on any atom is 0.337 e. The van der Waals surface area contributed by atoms with Crippen LogP contribution < -0.4 is 9.64 Å². The second kappa shape index (κ2) is 10.3. The molecule has 1 fully saturated rings. The van der Waals surface area contributed by atoms with E-state index in [1.54, 1.807) is 0 Å². The molecule has 0 spiro atoms. The minimum Gasteiger partial charge on any atom is -0.493 e. The Morgan fingerprint density at radius 2 is 2.00 bits per heavy atom. The molecule has 1 N–H and O–H groups in total. The molecule has 0 bridgehead atoms. The van der Waals surface area contributed by atoms with E-state index in [-0.39, 0.29) is 6.29 Å². The summed E-state index contributed by atoms with van der Waals surface area (Å²) < 4.78 is 24.4. The first-order valence-corrected chi connectivity index (χ1v) is 14.2. The number of nitrogens with zero attached hydrogens (tertiary/aromatic N) is 3. The van der Waals surface area contributed by atoms with Crippen molar-refractivity contribution in [3.05, 3.63) is 47.2 Å². The van der Waals surface area contributed by atoms with Crippen LogP contribution in [0.25, 0.3) is 32.2 Å². The number of hydrogen-bond acceptors (Lipinski definition) is 9. The summed E-state index contributed by atoms with van der Waals surface area (Å²) in [4.78, 5) is 24.6. The van der Waals surface area contributed by atoms with Crippen molar-refractivity contribution in [1.29, 1.82) is 0 Å². The minimum atomic E-state index is -1.19. The first kappa shape index (κ1) is 26.9. The maximum atomic E-state index is 12.8. The number of ether oxygens (including phenoxy) is 4. The van der Waals surface area contributed by atoms with Crippen molar-refractivity contribution in [3.63, 3.8) is 0 Å². The number of carboxylic acid groups (broad SMARTS) is 1. The van der Waals surface area contributed by atoms with E-state index in [1.165, 1.54) is 16.9 Å². The first-order valence-electron chi connectivity index (χ1n) is 13.4. The van der Waals surface area contributed by atoms with E-state index >= 15 is 0 Å². The van der Waals surface area contributed by atoms with Gasteiger partial charge in [0.2, 0.25) is 0 Å². The molecule has 1 atom stereocenters. The highest BCUT2D eigenvalue weighted by Gasteiger charge is 2.34. The molecule has 1 unspecified atom stereocenters. The van der Waals surface area contributed by atoms with Crippen molar-refractivity contribution >= 4 is 43.6 Å². The lowest BCUT2D eigenvalue weighted by Gasteiger charge is -2.28. The van der Waals surface area contributed by atoms with E-state index < -0.39 is 17.7 Å². The number of carbonyl (C=O) groups is 1. The zero-order valence-electron chi connectivity index (χ0n) is 23.3. The van der Waals surface area contributed by atoms with E-state index in [4.69, 9.17) is 28.9 Å². The van der Waals surface area contributed by atoms with Crippen LogP contribution in [0.4, 0.5) is 5.13 Å². The number of rotatable bonds is 7. The average Bonchev–Trinajstić information content (AvgIpc) is 3.57. The normalized spacial score (nSPS) is 16.4. The van der Waals surface area contributed by atoms with Gasteiger partial charge in [0.25, 0.3) is 0 Å². The fourth-order valence-electron chi connectivity index (χ4n) is 5.47. The third kappa shape index (κ3) is 4.89. The molecule has 2 aromatic carbocycles. The van der Waals surface area contributed by atoms with Crippen LogP contribution >= 0.6 is 11.3 Å². The Bertz CT molecular complexity index is 1590. The molecule has 210 valence electrons. The molecular formula is C30H33N3O6S. The molecular weight excluding hydrogens is 530 g/mol. The fourth-order valence-corrected chi connectivity index (χ4v) is 6.56. The van der Waals surface area contributed by atoms with Gasteiger partial charge in [0.05, 0.1) is 47.7 Å². The van der Waals surface area contributed by atoms with Crippen LogP contribution in [0.3, 0.4) is 0 Å². The van der Waals surface area contributed by atoms with Crippen molar-refractivity contribution in [1.82, 2.24) is 9.97 Å². The summed E-state index contributed by atoms with van der Waals surface area (Å²) in [6.45, 7) is 9.83. The van der Waals surface area contributed by atoms with Crippen molar-refractivity contribution in [2.24, 2.45) is 0 Å².